The molecule has 3 saturated heterocycles. The number of rotatable bonds is 6. The summed E-state index contributed by atoms with van der Waals surface area (Å²) in [5.74, 6) is 2.27. The lowest BCUT2D eigenvalue weighted by atomic mass is 9.74. The van der Waals surface area contributed by atoms with Crippen molar-refractivity contribution in [2.75, 3.05) is 25.0 Å². The average Bonchev–Trinajstić information content (AvgIpc) is 3.48. The standard InChI is InChI=1S/C26H32N4O3/c1-17(2)18-6-8-20(9-7-18)27-26(31)33-16-21-13-19-10-11-30(21)15-22(19)24-14-23(28-29(24)3)25-5-4-12-32-25/h4-9,12,14,17,19,21-22H,10-11,13,15-16H2,1-3H3,(H,27,31). The van der Waals surface area contributed by atoms with Gasteiger partial charge in [0.15, 0.2) is 5.76 Å². The predicted octanol–water partition coefficient (Wildman–Crippen LogP) is 5.23. The van der Waals surface area contributed by atoms with Crippen LogP contribution in [-0.2, 0) is 11.8 Å². The van der Waals surface area contributed by atoms with E-state index < -0.39 is 0 Å². The van der Waals surface area contributed by atoms with Crippen molar-refractivity contribution < 1.29 is 13.9 Å². The largest absolute Gasteiger partial charge is 0.463 e. The Labute approximate surface area is 194 Å². The van der Waals surface area contributed by atoms with Crippen molar-refractivity contribution in [3.63, 3.8) is 0 Å². The van der Waals surface area contributed by atoms with Crippen LogP contribution in [0.3, 0.4) is 0 Å². The zero-order valence-electron chi connectivity index (χ0n) is 19.5. The van der Waals surface area contributed by atoms with Gasteiger partial charge in [0.2, 0.25) is 0 Å². The van der Waals surface area contributed by atoms with Gasteiger partial charge >= 0.3 is 6.09 Å². The number of carbonyl (C=O) groups excluding carboxylic acids is 1. The molecule has 2 bridgehead atoms. The highest BCUT2D eigenvalue weighted by Crippen LogP contribution is 2.42. The second-order valence-electron chi connectivity index (χ2n) is 9.60. The molecule has 1 amide bonds. The minimum Gasteiger partial charge on any atom is -0.463 e. The summed E-state index contributed by atoms with van der Waals surface area (Å²) in [5.41, 5.74) is 4.14. The Hall–Kier alpha value is -3.06. The molecule has 3 aromatic rings. The van der Waals surface area contributed by atoms with Crippen LogP contribution in [0, 0.1) is 5.92 Å². The van der Waals surface area contributed by atoms with Crippen LogP contribution in [-0.4, -0.2) is 46.5 Å². The summed E-state index contributed by atoms with van der Waals surface area (Å²) in [4.78, 5) is 14.8. The van der Waals surface area contributed by atoms with Crippen molar-refractivity contribution in [2.24, 2.45) is 13.0 Å². The molecule has 33 heavy (non-hydrogen) atoms. The molecule has 4 unspecified atom stereocenters. The van der Waals surface area contributed by atoms with Gasteiger partial charge in [-0.2, -0.15) is 5.10 Å². The number of ether oxygens (including phenoxy) is 1. The Kier molecular flexibility index (Phi) is 5.98. The molecule has 0 radical (unpaired) electrons. The summed E-state index contributed by atoms with van der Waals surface area (Å²) in [5, 5.41) is 7.52. The number of hydrogen-bond donors (Lipinski definition) is 1. The molecule has 1 aromatic carbocycles. The molecule has 3 aliphatic heterocycles. The highest BCUT2D eigenvalue weighted by atomic mass is 16.5. The second-order valence-corrected chi connectivity index (χ2v) is 9.60. The van der Waals surface area contributed by atoms with Gasteiger partial charge in [0.05, 0.1) is 6.26 Å². The topological polar surface area (TPSA) is 72.5 Å². The summed E-state index contributed by atoms with van der Waals surface area (Å²) in [7, 11) is 2.01. The number of amides is 1. The van der Waals surface area contributed by atoms with E-state index in [2.05, 4.69) is 35.2 Å². The fourth-order valence-corrected chi connectivity index (χ4v) is 5.30. The zero-order chi connectivity index (χ0) is 22.9. The van der Waals surface area contributed by atoms with Gasteiger partial charge in [-0.15, -0.1) is 0 Å². The molecule has 4 atom stereocenters. The van der Waals surface area contributed by atoms with Crippen LogP contribution in [0.25, 0.3) is 11.5 Å². The maximum atomic E-state index is 12.4. The summed E-state index contributed by atoms with van der Waals surface area (Å²) >= 11 is 0. The third kappa shape index (κ3) is 4.55. The van der Waals surface area contributed by atoms with Crippen molar-refractivity contribution in [3.05, 3.63) is 60.0 Å². The molecular weight excluding hydrogens is 416 g/mol. The van der Waals surface area contributed by atoms with Gasteiger partial charge in [-0.25, -0.2) is 4.79 Å². The van der Waals surface area contributed by atoms with E-state index >= 15 is 0 Å². The van der Waals surface area contributed by atoms with Gasteiger partial charge in [0.1, 0.15) is 12.3 Å². The van der Waals surface area contributed by atoms with Crippen molar-refractivity contribution in [1.29, 1.82) is 0 Å². The van der Waals surface area contributed by atoms with Gasteiger partial charge in [-0.1, -0.05) is 26.0 Å². The number of fused-ring (bicyclic) bond motifs is 3. The van der Waals surface area contributed by atoms with E-state index in [0.717, 1.165) is 43.1 Å². The number of anilines is 1. The molecule has 0 saturated carbocycles. The molecular formula is C26H32N4O3. The van der Waals surface area contributed by atoms with Crippen LogP contribution < -0.4 is 5.32 Å². The summed E-state index contributed by atoms with van der Waals surface area (Å²) < 4.78 is 13.1. The van der Waals surface area contributed by atoms with Crippen molar-refractivity contribution >= 4 is 11.8 Å². The smallest absolute Gasteiger partial charge is 0.411 e. The number of hydrogen-bond acceptors (Lipinski definition) is 5. The summed E-state index contributed by atoms with van der Waals surface area (Å²) in [6.07, 6.45) is 3.49. The van der Waals surface area contributed by atoms with E-state index in [4.69, 9.17) is 9.15 Å². The molecule has 7 nitrogen and oxygen atoms in total. The van der Waals surface area contributed by atoms with Gasteiger partial charge in [0.25, 0.3) is 0 Å². The average molecular weight is 449 g/mol. The Morgan fingerprint density at radius 1 is 1.27 bits per heavy atom. The van der Waals surface area contributed by atoms with Crippen LogP contribution in [0.1, 0.15) is 49.8 Å². The number of nitrogens with zero attached hydrogens (tertiary/aromatic N) is 3. The molecule has 3 aliphatic rings. The predicted molar refractivity (Wildman–Crippen MR) is 127 cm³/mol. The first-order valence-corrected chi connectivity index (χ1v) is 11.8. The van der Waals surface area contributed by atoms with Gasteiger partial charge < -0.3 is 9.15 Å². The number of piperidine rings is 3. The summed E-state index contributed by atoms with van der Waals surface area (Å²) in [6, 6.07) is 14.2. The minimum absolute atomic E-state index is 0.270. The fourth-order valence-electron chi connectivity index (χ4n) is 5.30. The van der Waals surface area contributed by atoms with Crippen LogP contribution in [0.15, 0.2) is 53.1 Å². The van der Waals surface area contributed by atoms with Gasteiger partial charge in [-0.05, 0) is 67.1 Å². The maximum absolute atomic E-state index is 12.4. The number of aromatic nitrogens is 2. The van der Waals surface area contributed by atoms with E-state index in [0.29, 0.717) is 24.4 Å². The quantitative estimate of drug-likeness (QED) is 0.559. The molecule has 5 heterocycles. The van der Waals surface area contributed by atoms with Crippen LogP contribution >= 0.6 is 0 Å². The Balaban J connectivity index is 1.17. The number of aryl methyl sites for hydroxylation is 1. The van der Waals surface area contributed by atoms with E-state index in [1.54, 1.807) is 6.26 Å². The van der Waals surface area contributed by atoms with E-state index in [-0.39, 0.29) is 12.1 Å². The van der Waals surface area contributed by atoms with Gasteiger partial charge in [0, 0.05) is 36.9 Å². The van der Waals surface area contributed by atoms with Crippen LogP contribution in [0.5, 0.6) is 0 Å². The third-order valence-corrected chi connectivity index (χ3v) is 7.18. The molecule has 174 valence electrons. The first kappa shape index (κ1) is 21.8. The van der Waals surface area contributed by atoms with Crippen molar-refractivity contribution in [3.8, 4) is 11.5 Å². The minimum atomic E-state index is -0.388. The Bertz CT molecular complexity index is 1090. The Morgan fingerprint density at radius 2 is 2.09 bits per heavy atom. The van der Waals surface area contributed by atoms with Gasteiger partial charge in [-0.3, -0.25) is 14.9 Å². The van der Waals surface area contributed by atoms with E-state index in [1.807, 2.05) is 48.1 Å². The maximum Gasteiger partial charge on any atom is 0.411 e. The molecule has 1 N–H and O–H groups in total. The fraction of sp³-hybridized carbons (Fsp3) is 0.462. The SMILES string of the molecule is CC(C)c1ccc(NC(=O)OCC2CC3CCN2CC3c2cc(-c3ccco3)nn2C)cc1. The molecule has 2 aromatic heterocycles. The molecule has 7 heteroatoms. The van der Waals surface area contributed by atoms with Crippen molar-refractivity contribution in [2.45, 2.75) is 44.6 Å². The number of nitrogens with one attached hydrogen (secondary N) is 1. The Morgan fingerprint density at radius 3 is 2.76 bits per heavy atom. The lowest BCUT2D eigenvalue weighted by Crippen LogP contribution is -2.54. The highest BCUT2D eigenvalue weighted by molar-refractivity contribution is 5.84. The third-order valence-electron chi connectivity index (χ3n) is 7.18. The molecule has 0 aliphatic carbocycles. The van der Waals surface area contributed by atoms with Crippen LogP contribution in [0.2, 0.25) is 0 Å². The number of carbonyl (C=O) groups is 1. The normalized spacial score (nSPS) is 24.2. The number of benzene rings is 1. The molecule has 0 spiro atoms. The van der Waals surface area contributed by atoms with E-state index in [1.165, 1.54) is 11.3 Å². The van der Waals surface area contributed by atoms with Crippen LogP contribution in [0.4, 0.5) is 10.5 Å². The first-order valence-electron chi connectivity index (χ1n) is 11.8. The number of furan rings is 1. The lowest BCUT2D eigenvalue weighted by molar-refractivity contribution is -0.00222. The van der Waals surface area contributed by atoms with Crippen molar-refractivity contribution in [1.82, 2.24) is 14.7 Å². The zero-order valence-corrected chi connectivity index (χ0v) is 19.5. The highest BCUT2D eigenvalue weighted by Gasteiger charge is 2.42. The van der Waals surface area contributed by atoms with E-state index in [9.17, 15) is 4.79 Å². The first-order chi connectivity index (χ1) is 16.0. The second kappa shape index (κ2) is 9.06. The molecule has 6 rings (SSSR count). The molecule has 3 fully saturated rings. The lowest BCUT2D eigenvalue weighted by Gasteiger charge is -2.49. The summed E-state index contributed by atoms with van der Waals surface area (Å²) in [6.45, 7) is 6.74. The monoisotopic (exact) mass is 448 g/mol.